The van der Waals surface area contributed by atoms with Crippen LogP contribution in [-0.4, -0.2) is 31.7 Å². The van der Waals surface area contributed by atoms with Crippen molar-refractivity contribution < 1.29 is 9.53 Å². The summed E-state index contributed by atoms with van der Waals surface area (Å²) in [6.07, 6.45) is 3.36. The number of methoxy groups -OCH3 is 1. The third kappa shape index (κ3) is 3.18. The fourth-order valence-corrected chi connectivity index (χ4v) is 1.57. The number of hydrogen-bond donors (Lipinski definition) is 2. The average Bonchev–Trinajstić information content (AvgIpc) is 2.95. The first-order valence-corrected chi connectivity index (χ1v) is 5.49. The summed E-state index contributed by atoms with van der Waals surface area (Å²) < 4.78 is 5.11. The Balaban J connectivity index is 2.34. The highest BCUT2D eigenvalue weighted by Crippen LogP contribution is 2.47. The molecule has 4 nitrogen and oxygen atoms in total. The van der Waals surface area contributed by atoms with Gasteiger partial charge in [0.25, 0.3) is 5.91 Å². The number of hydrogen-bond acceptors (Lipinski definition) is 3. The predicted molar refractivity (Wildman–Crippen MR) is 59.4 cm³/mol. The van der Waals surface area contributed by atoms with Crippen molar-refractivity contribution in [2.75, 3.05) is 20.2 Å². The van der Waals surface area contributed by atoms with E-state index in [-0.39, 0.29) is 11.3 Å². The van der Waals surface area contributed by atoms with Crippen molar-refractivity contribution in [2.45, 2.75) is 38.7 Å². The van der Waals surface area contributed by atoms with E-state index in [4.69, 9.17) is 10.5 Å². The number of amides is 1. The Kier molecular flexibility index (Phi) is 3.73. The summed E-state index contributed by atoms with van der Waals surface area (Å²) in [5, 5.41) is 2.94. The molecule has 15 heavy (non-hydrogen) atoms. The van der Waals surface area contributed by atoms with E-state index in [9.17, 15) is 4.79 Å². The molecule has 4 heteroatoms. The molecule has 88 valence electrons. The van der Waals surface area contributed by atoms with Gasteiger partial charge in [-0.3, -0.25) is 4.79 Å². The van der Waals surface area contributed by atoms with Crippen molar-refractivity contribution in [1.82, 2.24) is 5.32 Å². The van der Waals surface area contributed by atoms with Crippen LogP contribution < -0.4 is 11.1 Å². The molecule has 0 saturated heterocycles. The van der Waals surface area contributed by atoms with Crippen LogP contribution in [0.5, 0.6) is 0 Å². The van der Waals surface area contributed by atoms with E-state index >= 15 is 0 Å². The van der Waals surface area contributed by atoms with Crippen LogP contribution in [0, 0.1) is 5.41 Å². The lowest BCUT2D eigenvalue weighted by molar-refractivity contribution is -0.139. The molecular weight excluding hydrogens is 192 g/mol. The zero-order valence-electron chi connectivity index (χ0n) is 9.93. The highest BCUT2D eigenvalue weighted by molar-refractivity contribution is 5.84. The van der Waals surface area contributed by atoms with E-state index in [1.54, 1.807) is 21.0 Å². The lowest BCUT2D eigenvalue weighted by Crippen LogP contribution is -2.45. The SMILES string of the molecule is COC(C)(C)C(=O)NCC1(CCN)CC1. The second kappa shape index (κ2) is 4.49. The third-order valence-corrected chi connectivity index (χ3v) is 3.31. The quantitative estimate of drug-likeness (QED) is 0.682. The molecule has 1 aliphatic carbocycles. The second-order valence-corrected chi connectivity index (χ2v) is 4.94. The maximum Gasteiger partial charge on any atom is 0.251 e. The maximum absolute atomic E-state index is 11.7. The van der Waals surface area contributed by atoms with E-state index in [0.29, 0.717) is 6.54 Å². The molecule has 0 aromatic carbocycles. The zero-order chi connectivity index (χ0) is 11.5. The van der Waals surface area contributed by atoms with Gasteiger partial charge in [-0.2, -0.15) is 0 Å². The van der Waals surface area contributed by atoms with Gasteiger partial charge in [0.15, 0.2) is 0 Å². The Bertz CT molecular complexity index is 235. The summed E-state index contributed by atoms with van der Waals surface area (Å²) in [5.74, 6) is -0.0479. The number of ether oxygens (including phenoxy) is 1. The largest absolute Gasteiger partial charge is 0.369 e. The van der Waals surface area contributed by atoms with Gasteiger partial charge < -0.3 is 15.8 Å². The van der Waals surface area contributed by atoms with Gasteiger partial charge in [-0.05, 0) is 45.1 Å². The van der Waals surface area contributed by atoms with Gasteiger partial charge in [0.1, 0.15) is 5.60 Å². The molecule has 0 heterocycles. The molecule has 0 bridgehead atoms. The van der Waals surface area contributed by atoms with Gasteiger partial charge in [-0.25, -0.2) is 0 Å². The fraction of sp³-hybridized carbons (Fsp3) is 0.909. The Labute approximate surface area is 91.5 Å². The highest BCUT2D eigenvalue weighted by Gasteiger charge is 2.42. The molecule has 0 aromatic rings. The first kappa shape index (κ1) is 12.5. The van der Waals surface area contributed by atoms with Crippen LogP contribution >= 0.6 is 0 Å². The van der Waals surface area contributed by atoms with Gasteiger partial charge in [0.05, 0.1) is 0 Å². The summed E-state index contributed by atoms with van der Waals surface area (Å²) in [4.78, 5) is 11.7. The summed E-state index contributed by atoms with van der Waals surface area (Å²) in [6, 6.07) is 0. The number of carbonyl (C=O) groups excluding carboxylic acids is 1. The molecule has 1 fully saturated rings. The Morgan fingerprint density at radius 3 is 2.53 bits per heavy atom. The van der Waals surface area contributed by atoms with E-state index < -0.39 is 5.60 Å². The molecule has 0 atom stereocenters. The topological polar surface area (TPSA) is 64.3 Å². The van der Waals surface area contributed by atoms with Gasteiger partial charge in [-0.1, -0.05) is 0 Å². The van der Waals surface area contributed by atoms with Crippen LogP contribution in [0.4, 0.5) is 0 Å². The Hall–Kier alpha value is -0.610. The van der Waals surface area contributed by atoms with Crippen LogP contribution in [0.15, 0.2) is 0 Å². The summed E-state index contributed by atoms with van der Waals surface area (Å²) in [7, 11) is 1.55. The van der Waals surface area contributed by atoms with Gasteiger partial charge in [-0.15, -0.1) is 0 Å². The maximum atomic E-state index is 11.7. The van der Waals surface area contributed by atoms with E-state index in [1.807, 2.05) is 0 Å². The molecule has 0 aliphatic heterocycles. The molecule has 1 aliphatic rings. The van der Waals surface area contributed by atoms with Crippen molar-refractivity contribution in [3.05, 3.63) is 0 Å². The lowest BCUT2D eigenvalue weighted by Gasteiger charge is -2.23. The third-order valence-electron chi connectivity index (χ3n) is 3.31. The smallest absolute Gasteiger partial charge is 0.251 e. The van der Waals surface area contributed by atoms with Crippen LogP contribution in [0.3, 0.4) is 0 Å². The normalized spacial score (nSPS) is 18.7. The van der Waals surface area contributed by atoms with Crippen molar-refractivity contribution in [3.63, 3.8) is 0 Å². The molecule has 3 N–H and O–H groups in total. The summed E-state index contributed by atoms with van der Waals surface area (Å²) in [6.45, 7) is 4.97. The number of nitrogens with one attached hydrogen (secondary N) is 1. The molecule has 1 amide bonds. The fourth-order valence-electron chi connectivity index (χ4n) is 1.57. The molecule has 1 rings (SSSR count). The minimum absolute atomic E-state index is 0.0479. The predicted octanol–water partition coefficient (Wildman–Crippen LogP) is 0.657. The van der Waals surface area contributed by atoms with Crippen molar-refractivity contribution in [3.8, 4) is 0 Å². The number of rotatable bonds is 6. The van der Waals surface area contributed by atoms with Crippen LogP contribution in [0.2, 0.25) is 0 Å². The van der Waals surface area contributed by atoms with Crippen LogP contribution in [0.1, 0.15) is 33.1 Å². The summed E-state index contributed by atoms with van der Waals surface area (Å²) in [5.41, 5.74) is 5.08. The van der Waals surface area contributed by atoms with Crippen molar-refractivity contribution >= 4 is 5.91 Å². The van der Waals surface area contributed by atoms with Gasteiger partial charge in [0, 0.05) is 13.7 Å². The second-order valence-electron chi connectivity index (χ2n) is 4.94. The van der Waals surface area contributed by atoms with Gasteiger partial charge in [0.2, 0.25) is 0 Å². The van der Waals surface area contributed by atoms with Crippen LogP contribution in [-0.2, 0) is 9.53 Å². The number of nitrogens with two attached hydrogens (primary N) is 1. The molecule has 0 aromatic heterocycles. The highest BCUT2D eigenvalue weighted by atomic mass is 16.5. The lowest BCUT2D eigenvalue weighted by atomic mass is 10.0. The van der Waals surface area contributed by atoms with Crippen molar-refractivity contribution in [2.24, 2.45) is 11.1 Å². The molecule has 0 spiro atoms. The standard InChI is InChI=1S/C11H22N2O2/c1-10(2,15-3)9(14)13-8-11(4-5-11)6-7-12/h4-8,12H2,1-3H3,(H,13,14). The van der Waals surface area contributed by atoms with E-state index in [1.165, 1.54) is 12.8 Å². The van der Waals surface area contributed by atoms with E-state index in [0.717, 1.165) is 13.0 Å². The monoisotopic (exact) mass is 214 g/mol. The summed E-state index contributed by atoms with van der Waals surface area (Å²) >= 11 is 0. The molecule has 0 radical (unpaired) electrons. The first-order valence-electron chi connectivity index (χ1n) is 5.49. The van der Waals surface area contributed by atoms with E-state index in [2.05, 4.69) is 5.32 Å². The van der Waals surface area contributed by atoms with Gasteiger partial charge >= 0.3 is 0 Å². The molecular formula is C11H22N2O2. The Morgan fingerprint density at radius 2 is 2.13 bits per heavy atom. The minimum Gasteiger partial charge on any atom is -0.369 e. The van der Waals surface area contributed by atoms with Crippen LogP contribution in [0.25, 0.3) is 0 Å². The first-order chi connectivity index (χ1) is 6.96. The zero-order valence-corrected chi connectivity index (χ0v) is 9.93. The van der Waals surface area contributed by atoms with Crippen molar-refractivity contribution in [1.29, 1.82) is 0 Å². The average molecular weight is 214 g/mol. The minimum atomic E-state index is -0.737. The molecule has 0 unspecified atom stereocenters. The Morgan fingerprint density at radius 1 is 1.53 bits per heavy atom. The molecule has 1 saturated carbocycles. The number of carbonyl (C=O) groups is 1.